The lowest BCUT2D eigenvalue weighted by Crippen LogP contribution is -3.00. The predicted molar refractivity (Wildman–Crippen MR) is 232 cm³/mol. The third-order valence-electron chi connectivity index (χ3n) is 9.07. The first-order valence-electron chi connectivity index (χ1n) is 18.3. The topological polar surface area (TPSA) is 138 Å². The van der Waals surface area contributed by atoms with Crippen LogP contribution in [0, 0.1) is 0 Å². The van der Waals surface area contributed by atoms with E-state index in [-0.39, 0.29) is 120 Å². The zero-order valence-corrected chi connectivity index (χ0v) is 43.9. The van der Waals surface area contributed by atoms with Crippen LogP contribution in [-0.2, 0) is 0 Å². The highest BCUT2D eigenvalue weighted by atomic mass is 127. The van der Waals surface area contributed by atoms with E-state index in [1.807, 2.05) is 91.0 Å². The molecule has 0 fully saturated rings. The van der Waals surface area contributed by atoms with Gasteiger partial charge in [-0.05, 0) is 115 Å². The first kappa shape index (κ1) is 55.0. The van der Waals surface area contributed by atoms with Crippen LogP contribution >= 0.6 is 0 Å². The molecule has 0 amide bonds. The Hall–Kier alpha value is -3.05. The molecule has 0 aliphatic carbocycles. The van der Waals surface area contributed by atoms with E-state index in [2.05, 4.69) is 150 Å². The second kappa shape index (κ2) is 28.5. The second-order valence-electron chi connectivity index (χ2n) is 13.4. The second-order valence-corrected chi connectivity index (χ2v) is 13.4. The molecule has 0 atom stereocenters. The van der Waals surface area contributed by atoms with Gasteiger partial charge in [0.15, 0.2) is 0 Å². The summed E-state index contributed by atoms with van der Waals surface area (Å²) in [5.41, 5.74) is 24.7. The fourth-order valence-electron chi connectivity index (χ4n) is 6.19. The van der Waals surface area contributed by atoms with Crippen molar-refractivity contribution < 1.29 is 149 Å². The first-order chi connectivity index (χ1) is 26.8. The van der Waals surface area contributed by atoms with Crippen LogP contribution in [0.3, 0.4) is 0 Å². The number of benzene rings is 10. The summed E-state index contributed by atoms with van der Waals surface area (Å²) < 4.78 is 0. The normalized spacial score (nSPS) is 9.42. The van der Waals surface area contributed by atoms with Crippen LogP contribution in [0.1, 0.15) is 0 Å². The van der Waals surface area contributed by atoms with E-state index in [1.54, 1.807) is 0 Å². The van der Waals surface area contributed by atoms with Gasteiger partial charge in [-0.2, -0.15) is 0 Å². The molecule has 0 heterocycles. The minimum Gasteiger partial charge on any atom is -1.00 e. The quantitative estimate of drug-likeness (QED) is 0.0925. The van der Waals surface area contributed by atoms with Gasteiger partial charge in [0.2, 0.25) is 0 Å². The molecule has 0 unspecified atom stereocenters. The first-order valence-corrected chi connectivity index (χ1v) is 18.3. The summed E-state index contributed by atoms with van der Waals surface area (Å²) in [6.07, 6.45) is 0. The fraction of sp³-hybridized carbons (Fsp3) is 0. The van der Waals surface area contributed by atoms with Crippen LogP contribution in [0.2, 0.25) is 0 Å². The van der Waals surface area contributed by atoms with Crippen molar-refractivity contribution in [1.29, 1.82) is 0 Å². The van der Waals surface area contributed by atoms with Crippen molar-refractivity contribution in [2.45, 2.75) is 0 Å². The Morgan fingerprint density at radius 1 is 0.167 bits per heavy atom. The number of hydrogen-bond acceptors (Lipinski definition) is 0. The zero-order valence-electron chi connectivity index (χ0n) is 33.1. The minimum atomic E-state index is 0. The molecule has 0 saturated heterocycles. The van der Waals surface area contributed by atoms with E-state index in [0.717, 1.165) is 28.4 Å². The molecule has 5 nitrogen and oxygen atoms in total. The molecule has 10 rings (SSSR count). The highest BCUT2D eigenvalue weighted by molar-refractivity contribution is 5.87. The monoisotopic (exact) mass is 1350 g/mol. The van der Waals surface area contributed by atoms with Gasteiger partial charge in [0.1, 0.15) is 28.4 Å². The Labute approximate surface area is 438 Å². The predicted octanol–water partition coefficient (Wildman–Crippen LogP) is -6.41. The van der Waals surface area contributed by atoms with E-state index in [0.29, 0.717) is 0 Å². The van der Waals surface area contributed by atoms with Crippen LogP contribution in [-0.4, -0.2) is 0 Å². The van der Waals surface area contributed by atoms with E-state index < -0.39 is 0 Å². The van der Waals surface area contributed by atoms with Crippen molar-refractivity contribution in [3.8, 4) is 0 Å². The lowest BCUT2D eigenvalue weighted by atomic mass is 10.1. The van der Waals surface area contributed by atoms with Gasteiger partial charge in [-0.15, -0.1) is 0 Å². The SMILES string of the molecule is [I-].[I-].[I-].[I-].[I-].[NH3+]c1ccc2ccccc2c1.[NH3+]c1ccc2ccccc2c1.[NH3+]c1ccc2ccccc2c1.[NH3+]c1ccc2ccccc2c1.[NH3+]c1ccc2ccccc2c1. The Morgan fingerprint density at radius 3 is 0.450 bits per heavy atom. The molecule has 60 heavy (non-hydrogen) atoms. The molecule has 15 N–H and O–H groups in total. The molecule has 10 aromatic rings. The molecule has 0 aromatic heterocycles. The van der Waals surface area contributed by atoms with E-state index in [4.69, 9.17) is 0 Å². The third-order valence-corrected chi connectivity index (χ3v) is 9.07. The maximum atomic E-state index is 3.87. The van der Waals surface area contributed by atoms with E-state index in [9.17, 15) is 0 Å². The average molecular weight is 1360 g/mol. The summed E-state index contributed by atoms with van der Waals surface area (Å²) in [4.78, 5) is 0. The molecular weight excluding hydrogens is 1310 g/mol. The van der Waals surface area contributed by atoms with E-state index in [1.165, 1.54) is 53.9 Å². The summed E-state index contributed by atoms with van der Waals surface area (Å²) in [5, 5.41) is 12.7. The molecule has 0 radical (unpaired) electrons. The fourth-order valence-corrected chi connectivity index (χ4v) is 6.19. The number of hydrogen-bond donors (Lipinski definition) is 5. The Balaban J connectivity index is 0.000000367. The summed E-state index contributed by atoms with van der Waals surface area (Å²) in [6, 6.07) is 72.6. The highest BCUT2D eigenvalue weighted by Gasteiger charge is 1.96. The van der Waals surface area contributed by atoms with Crippen molar-refractivity contribution in [2.75, 3.05) is 0 Å². The molecule has 10 aromatic carbocycles. The standard InChI is InChI=1S/5C10H9N.5HI/c5*11-10-6-5-8-3-1-2-4-9(8)7-10;;;;;/h5*1-7H,11H2;5*1H. The minimum absolute atomic E-state index is 0. The molecule has 0 saturated carbocycles. The van der Waals surface area contributed by atoms with Gasteiger partial charge in [-0.25, -0.2) is 0 Å². The Kier molecular flexibility index (Phi) is 26.1. The Bertz CT molecular complexity index is 2370. The number of halogens is 5. The van der Waals surface area contributed by atoms with Crippen LogP contribution in [0.5, 0.6) is 0 Å². The van der Waals surface area contributed by atoms with Crippen LogP contribution < -0.4 is 149 Å². The van der Waals surface area contributed by atoms with Gasteiger partial charge in [0.25, 0.3) is 0 Å². The molecule has 310 valence electrons. The van der Waals surface area contributed by atoms with Gasteiger partial charge < -0.3 is 149 Å². The van der Waals surface area contributed by atoms with Crippen LogP contribution in [0.25, 0.3) is 53.9 Å². The zero-order chi connectivity index (χ0) is 38.4. The maximum Gasteiger partial charge on any atom is 0.128 e. The van der Waals surface area contributed by atoms with Gasteiger partial charge in [0, 0.05) is 30.3 Å². The van der Waals surface area contributed by atoms with Crippen molar-refractivity contribution in [3.63, 3.8) is 0 Å². The highest BCUT2D eigenvalue weighted by Crippen LogP contribution is 2.18. The summed E-state index contributed by atoms with van der Waals surface area (Å²) in [6.45, 7) is 0. The molecular formula is C50H50I5N5. The van der Waals surface area contributed by atoms with Crippen molar-refractivity contribution in [1.82, 2.24) is 0 Å². The van der Waals surface area contributed by atoms with Gasteiger partial charge in [0.05, 0.1) is 0 Å². The van der Waals surface area contributed by atoms with Crippen molar-refractivity contribution >= 4 is 82.3 Å². The molecule has 0 spiro atoms. The van der Waals surface area contributed by atoms with Gasteiger partial charge in [-0.3, -0.25) is 0 Å². The van der Waals surface area contributed by atoms with Crippen LogP contribution in [0.15, 0.2) is 212 Å². The maximum absolute atomic E-state index is 3.87. The number of fused-ring (bicyclic) bond motifs is 5. The molecule has 0 aliphatic heterocycles. The summed E-state index contributed by atoms with van der Waals surface area (Å²) in [7, 11) is 0. The Morgan fingerprint density at radius 2 is 0.300 bits per heavy atom. The number of rotatable bonds is 0. The average Bonchev–Trinajstić information content (AvgIpc) is 3.21. The van der Waals surface area contributed by atoms with Crippen molar-refractivity contribution in [3.05, 3.63) is 212 Å². The van der Waals surface area contributed by atoms with Crippen molar-refractivity contribution in [2.24, 2.45) is 0 Å². The lowest BCUT2D eigenvalue weighted by Gasteiger charge is -1.94. The largest absolute Gasteiger partial charge is 1.00 e. The molecule has 10 heteroatoms. The smallest absolute Gasteiger partial charge is 0.128 e. The summed E-state index contributed by atoms with van der Waals surface area (Å²) in [5.74, 6) is 0. The number of quaternary nitrogens is 5. The molecule has 0 aliphatic rings. The van der Waals surface area contributed by atoms with Gasteiger partial charge >= 0.3 is 0 Å². The van der Waals surface area contributed by atoms with E-state index >= 15 is 0 Å². The van der Waals surface area contributed by atoms with Gasteiger partial charge in [-0.1, -0.05) is 121 Å². The lowest BCUT2D eigenvalue weighted by molar-refractivity contribution is -0.255. The van der Waals surface area contributed by atoms with Crippen LogP contribution in [0.4, 0.5) is 28.4 Å². The molecule has 0 bridgehead atoms. The third kappa shape index (κ3) is 17.0. The summed E-state index contributed by atoms with van der Waals surface area (Å²) >= 11 is 0.